The van der Waals surface area contributed by atoms with Gasteiger partial charge < -0.3 is 10.2 Å². The van der Waals surface area contributed by atoms with Gasteiger partial charge in [0.2, 0.25) is 5.91 Å². The van der Waals surface area contributed by atoms with Gasteiger partial charge in [0.1, 0.15) is 5.82 Å². The summed E-state index contributed by atoms with van der Waals surface area (Å²) in [6.07, 6.45) is 6.79. The predicted molar refractivity (Wildman–Crippen MR) is 117 cm³/mol. The fraction of sp³-hybridized carbons (Fsp3) is 0.292. The number of hydrogen-bond donors (Lipinski definition) is 1. The number of rotatable bonds is 7. The molecule has 1 fully saturated rings. The maximum atomic E-state index is 13.4. The van der Waals surface area contributed by atoms with Crippen molar-refractivity contribution in [1.82, 2.24) is 25.2 Å². The van der Waals surface area contributed by atoms with Crippen LogP contribution in [0, 0.1) is 12.7 Å². The quantitative estimate of drug-likeness (QED) is 0.618. The summed E-state index contributed by atoms with van der Waals surface area (Å²) in [5, 5.41) is 2.90. The van der Waals surface area contributed by atoms with Gasteiger partial charge in [-0.2, -0.15) is 0 Å². The van der Waals surface area contributed by atoms with Crippen molar-refractivity contribution in [1.29, 1.82) is 0 Å². The van der Waals surface area contributed by atoms with Gasteiger partial charge in [-0.05, 0) is 44.0 Å². The van der Waals surface area contributed by atoms with Gasteiger partial charge >= 0.3 is 0 Å². The van der Waals surface area contributed by atoms with Gasteiger partial charge in [0.15, 0.2) is 0 Å². The monoisotopic (exact) mass is 433 g/mol. The molecule has 4 rings (SSSR count). The summed E-state index contributed by atoms with van der Waals surface area (Å²) in [5.41, 5.74) is 3.27. The Morgan fingerprint density at radius 1 is 1.16 bits per heavy atom. The van der Waals surface area contributed by atoms with Crippen LogP contribution in [0.15, 0.2) is 55.0 Å². The van der Waals surface area contributed by atoms with Crippen LogP contribution in [0.2, 0.25) is 0 Å². The Hall–Kier alpha value is -3.68. The maximum absolute atomic E-state index is 13.4. The third-order valence-electron chi connectivity index (χ3n) is 5.53. The molecule has 0 radical (unpaired) electrons. The van der Waals surface area contributed by atoms with Crippen molar-refractivity contribution in [2.45, 2.75) is 38.8 Å². The zero-order valence-electron chi connectivity index (χ0n) is 17.8. The van der Waals surface area contributed by atoms with Crippen molar-refractivity contribution in [3.8, 4) is 11.3 Å². The standard InChI is InChI=1S/C24H24FN5O2/c1-16-12-28-20(14-27-16)15-30-21(6-8-23(30)31)9-10-26-24(32)18-5-7-22(29-13-18)17-3-2-4-19(25)11-17/h2-5,7,11-14,21H,6,8-10,15H2,1H3,(H,26,32). The molecule has 3 aromatic rings. The minimum atomic E-state index is -0.333. The molecule has 3 heterocycles. The molecule has 0 spiro atoms. The molecule has 0 saturated carbocycles. The molecule has 32 heavy (non-hydrogen) atoms. The number of nitrogens with zero attached hydrogens (tertiary/aromatic N) is 4. The van der Waals surface area contributed by atoms with Crippen LogP contribution in [0.3, 0.4) is 0 Å². The zero-order chi connectivity index (χ0) is 22.5. The molecule has 1 atom stereocenters. The second-order valence-electron chi connectivity index (χ2n) is 7.85. The minimum Gasteiger partial charge on any atom is -0.352 e. The van der Waals surface area contributed by atoms with E-state index in [4.69, 9.17) is 0 Å². The summed E-state index contributed by atoms with van der Waals surface area (Å²) in [4.78, 5) is 39.5. The number of halogens is 1. The number of carbonyl (C=O) groups excluding carboxylic acids is 2. The lowest BCUT2D eigenvalue weighted by Crippen LogP contribution is -2.36. The minimum absolute atomic E-state index is 0.0550. The molecule has 164 valence electrons. The zero-order valence-corrected chi connectivity index (χ0v) is 17.8. The van der Waals surface area contributed by atoms with Gasteiger partial charge in [-0.1, -0.05) is 12.1 Å². The molecular formula is C24H24FN5O2. The van der Waals surface area contributed by atoms with Crippen LogP contribution in [-0.2, 0) is 11.3 Å². The molecule has 1 aliphatic rings. The fourth-order valence-electron chi connectivity index (χ4n) is 3.79. The lowest BCUT2D eigenvalue weighted by Gasteiger charge is -2.24. The van der Waals surface area contributed by atoms with E-state index in [0.29, 0.717) is 42.8 Å². The Kier molecular flexibility index (Phi) is 6.49. The van der Waals surface area contributed by atoms with Gasteiger partial charge in [0, 0.05) is 37.0 Å². The molecule has 2 aromatic heterocycles. The molecule has 7 nitrogen and oxygen atoms in total. The van der Waals surface area contributed by atoms with Gasteiger partial charge in [0.25, 0.3) is 5.91 Å². The first-order valence-corrected chi connectivity index (χ1v) is 10.6. The highest BCUT2D eigenvalue weighted by Crippen LogP contribution is 2.23. The first-order chi connectivity index (χ1) is 15.5. The lowest BCUT2D eigenvalue weighted by atomic mass is 10.1. The summed E-state index contributed by atoms with van der Waals surface area (Å²) in [6, 6.07) is 9.59. The Balaban J connectivity index is 1.31. The van der Waals surface area contributed by atoms with E-state index in [1.54, 1.807) is 36.7 Å². The predicted octanol–water partition coefficient (Wildman–Crippen LogP) is 3.30. The summed E-state index contributed by atoms with van der Waals surface area (Å²) < 4.78 is 13.4. The molecule has 8 heteroatoms. The largest absolute Gasteiger partial charge is 0.352 e. The van der Waals surface area contributed by atoms with Crippen molar-refractivity contribution in [2.75, 3.05) is 6.54 Å². The molecular weight excluding hydrogens is 409 g/mol. The van der Waals surface area contributed by atoms with Crippen molar-refractivity contribution < 1.29 is 14.0 Å². The van der Waals surface area contributed by atoms with Crippen LogP contribution in [0.4, 0.5) is 4.39 Å². The number of nitrogens with one attached hydrogen (secondary N) is 1. The Morgan fingerprint density at radius 2 is 2.03 bits per heavy atom. The molecule has 1 saturated heterocycles. The smallest absolute Gasteiger partial charge is 0.252 e. The maximum Gasteiger partial charge on any atom is 0.252 e. The summed E-state index contributed by atoms with van der Waals surface area (Å²) >= 11 is 0. The highest BCUT2D eigenvalue weighted by molar-refractivity contribution is 5.94. The topological polar surface area (TPSA) is 88.1 Å². The molecule has 1 aliphatic heterocycles. The van der Waals surface area contributed by atoms with Crippen molar-refractivity contribution in [3.63, 3.8) is 0 Å². The van der Waals surface area contributed by atoms with E-state index < -0.39 is 0 Å². The number of aromatic nitrogens is 3. The number of hydrogen-bond acceptors (Lipinski definition) is 5. The van der Waals surface area contributed by atoms with Crippen LogP contribution < -0.4 is 5.32 Å². The summed E-state index contributed by atoms with van der Waals surface area (Å²) in [6.45, 7) is 2.74. The van der Waals surface area contributed by atoms with Gasteiger partial charge in [-0.15, -0.1) is 0 Å². The van der Waals surface area contributed by atoms with E-state index in [1.165, 1.54) is 18.3 Å². The second-order valence-corrected chi connectivity index (χ2v) is 7.85. The lowest BCUT2D eigenvalue weighted by molar-refractivity contribution is -0.129. The molecule has 0 aliphatic carbocycles. The van der Waals surface area contributed by atoms with E-state index in [2.05, 4.69) is 20.3 Å². The van der Waals surface area contributed by atoms with Crippen molar-refractivity contribution >= 4 is 11.8 Å². The Bertz CT molecular complexity index is 1100. The van der Waals surface area contributed by atoms with Crippen LogP contribution in [0.5, 0.6) is 0 Å². The van der Waals surface area contributed by atoms with Crippen LogP contribution >= 0.6 is 0 Å². The van der Waals surface area contributed by atoms with Crippen molar-refractivity contribution in [3.05, 3.63) is 77.8 Å². The van der Waals surface area contributed by atoms with Crippen LogP contribution in [0.25, 0.3) is 11.3 Å². The van der Waals surface area contributed by atoms with Gasteiger partial charge in [-0.25, -0.2) is 4.39 Å². The van der Waals surface area contributed by atoms with E-state index in [-0.39, 0.29) is 23.7 Å². The average Bonchev–Trinajstić information content (AvgIpc) is 3.14. The number of aryl methyl sites for hydroxylation is 1. The molecule has 1 N–H and O–H groups in total. The normalized spacial score (nSPS) is 15.8. The first kappa shape index (κ1) is 21.5. The van der Waals surface area contributed by atoms with Gasteiger partial charge in [-0.3, -0.25) is 24.5 Å². The number of likely N-dealkylation sites (tertiary alicyclic amines) is 1. The third kappa shape index (κ3) is 5.14. The molecule has 0 bridgehead atoms. The van der Waals surface area contributed by atoms with E-state index in [1.807, 2.05) is 11.8 Å². The van der Waals surface area contributed by atoms with Crippen molar-refractivity contribution in [2.24, 2.45) is 0 Å². The molecule has 1 aromatic carbocycles. The fourth-order valence-corrected chi connectivity index (χ4v) is 3.79. The highest BCUT2D eigenvalue weighted by atomic mass is 19.1. The number of benzene rings is 1. The van der Waals surface area contributed by atoms with E-state index in [0.717, 1.165) is 17.8 Å². The first-order valence-electron chi connectivity index (χ1n) is 10.6. The number of carbonyl (C=O) groups is 2. The molecule has 2 amide bonds. The SMILES string of the molecule is Cc1cnc(CN2C(=O)CCC2CCNC(=O)c2ccc(-c3cccc(F)c3)nc2)cn1. The Morgan fingerprint density at radius 3 is 2.75 bits per heavy atom. The van der Waals surface area contributed by atoms with Crippen LogP contribution in [-0.4, -0.2) is 44.3 Å². The second kappa shape index (κ2) is 9.64. The molecule has 1 unspecified atom stereocenters. The van der Waals surface area contributed by atoms with E-state index >= 15 is 0 Å². The third-order valence-corrected chi connectivity index (χ3v) is 5.53. The highest BCUT2D eigenvalue weighted by Gasteiger charge is 2.30. The number of amides is 2. The van der Waals surface area contributed by atoms with Gasteiger partial charge in [0.05, 0.1) is 35.4 Å². The Labute approximate surface area is 185 Å². The van der Waals surface area contributed by atoms with E-state index in [9.17, 15) is 14.0 Å². The van der Waals surface area contributed by atoms with Crippen LogP contribution in [0.1, 0.15) is 41.0 Å². The summed E-state index contributed by atoms with van der Waals surface area (Å²) in [5.74, 6) is -0.468. The average molecular weight is 433 g/mol. The summed E-state index contributed by atoms with van der Waals surface area (Å²) in [7, 11) is 0. The number of pyridine rings is 1.